The molecule has 0 saturated heterocycles. The number of carbonyl (C=O) groups excluding carboxylic acids is 1. The molecule has 1 rings (SSSR count). The lowest BCUT2D eigenvalue weighted by Gasteiger charge is -2.33. The number of carbonyl (C=O) groups is 1. The molecule has 0 aliphatic carbocycles. The van der Waals surface area contributed by atoms with Crippen LogP contribution >= 0.6 is 11.3 Å². The predicted molar refractivity (Wildman–Crippen MR) is 67.9 cm³/mol. The number of nitrogens with zero attached hydrogens (tertiary/aromatic N) is 2. The highest BCUT2D eigenvalue weighted by molar-refractivity contribution is 7.09. The molecule has 4 heteroatoms. The van der Waals surface area contributed by atoms with Crippen molar-refractivity contribution in [2.75, 3.05) is 14.1 Å². The van der Waals surface area contributed by atoms with Crippen LogP contribution < -0.4 is 0 Å². The molecule has 1 aromatic rings. The van der Waals surface area contributed by atoms with Crippen LogP contribution in [-0.2, 0) is 11.2 Å². The summed E-state index contributed by atoms with van der Waals surface area (Å²) in [7, 11) is 3.90. The Hall–Kier alpha value is -0.740. The summed E-state index contributed by atoms with van der Waals surface area (Å²) in [5.74, 6) is 0.241. The topological polar surface area (TPSA) is 33.2 Å². The summed E-state index contributed by atoms with van der Waals surface area (Å²) in [6.45, 7) is 6.00. The Balaban J connectivity index is 2.78. The van der Waals surface area contributed by atoms with Gasteiger partial charge in [0.05, 0.1) is 22.7 Å². The highest BCUT2D eigenvalue weighted by Gasteiger charge is 2.33. The van der Waals surface area contributed by atoms with Crippen LogP contribution in [0.25, 0.3) is 0 Å². The van der Waals surface area contributed by atoms with Crippen molar-refractivity contribution in [3.63, 3.8) is 0 Å². The Morgan fingerprint density at radius 1 is 1.56 bits per heavy atom. The van der Waals surface area contributed by atoms with E-state index in [0.717, 1.165) is 17.1 Å². The van der Waals surface area contributed by atoms with E-state index in [4.69, 9.17) is 0 Å². The zero-order valence-electron chi connectivity index (χ0n) is 10.7. The standard InChI is InChI=1S/C12H20N2OS/c1-6-12(3,14(4)5)11(15)7-10-8-16-9(2)13-10/h8H,6-7H2,1-5H3. The third kappa shape index (κ3) is 2.68. The fraction of sp³-hybridized carbons (Fsp3) is 0.667. The molecule has 90 valence electrons. The lowest BCUT2D eigenvalue weighted by atomic mass is 9.89. The zero-order valence-corrected chi connectivity index (χ0v) is 11.5. The van der Waals surface area contributed by atoms with Crippen molar-refractivity contribution >= 4 is 17.1 Å². The van der Waals surface area contributed by atoms with Crippen molar-refractivity contribution < 1.29 is 4.79 Å². The zero-order chi connectivity index (χ0) is 12.3. The molecule has 3 nitrogen and oxygen atoms in total. The van der Waals surface area contributed by atoms with Gasteiger partial charge in [-0.25, -0.2) is 4.98 Å². The molecular weight excluding hydrogens is 220 g/mol. The van der Waals surface area contributed by atoms with Crippen LogP contribution in [0.5, 0.6) is 0 Å². The van der Waals surface area contributed by atoms with Gasteiger partial charge in [0.15, 0.2) is 5.78 Å². The molecule has 1 heterocycles. The SMILES string of the molecule is CCC(C)(C(=O)Cc1csc(C)n1)N(C)C. The first-order chi connectivity index (χ1) is 7.40. The molecule has 0 spiro atoms. The number of hydrogen-bond acceptors (Lipinski definition) is 4. The fourth-order valence-electron chi connectivity index (χ4n) is 1.61. The summed E-state index contributed by atoms with van der Waals surface area (Å²) < 4.78 is 0. The second kappa shape index (κ2) is 5.06. The van der Waals surface area contributed by atoms with Crippen molar-refractivity contribution in [3.05, 3.63) is 16.1 Å². The molecule has 0 N–H and O–H groups in total. The minimum atomic E-state index is -0.377. The molecular formula is C12H20N2OS. The summed E-state index contributed by atoms with van der Waals surface area (Å²) in [6, 6.07) is 0. The highest BCUT2D eigenvalue weighted by atomic mass is 32.1. The highest BCUT2D eigenvalue weighted by Crippen LogP contribution is 2.20. The molecule has 0 saturated carbocycles. The van der Waals surface area contributed by atoms with E-state index in [1.54, 1.807) is 11.3 Å². The minimum absolute atomic E-state index is 0.241. The van der Waals surface area contributed by atoms with E-state index in [1.807, 2.05) is 45.1 Å². The summed E-state index contributed by atoms with van der Waals surface area (Å²) in [5, 5.41) is 2.99. The summed E-state index contributed by atoms with van der Waals surface area (Å²) in [6.07, 6.45) is 1.26. The maximum atomic E-state index is 12.2. The lowest BCUT2D eigenvalue weighted by molar-refractivity contribution is -0.128. The number of aryl methyl sites for hydroxylation is 1. The van der Waals surface area contributed by atoms with Crippen LogP contribution in [0.3, 0.4) is 0 Å². The number of aromatic nitrogens is 1. The normalized spacial score (nSPS) is 15.1. The molecule has 16 heavy (non-hydrogen) atoms. The smallest absolute Gasteiger partial charge is 0.158 e. The molecule has 0 bridgehead atoms. The van der Waals surface area contributed by atoms with E-state index in [9.17, 15) is 4.79 Å². The van der Waals surface area contributed by atoms with Gasteiger partial charge in [-0.05, 0) is 34.4 Å². The fourth-order valence-corrected chi connectivity index (χ4v) is 2.22. The van der Waals surface area contributed by atoms with E-state index in [1.165, 1.54) is 0 Å². The van der Waals surface area contributed by atoms with Gasteiger partial charge in [0.25, 0.3) is 0 Å². The minimum Gasteiger partial charge on any atom is -0.297 e. The van der Waals surface area contributed by atoms with Crippen molar-refractivity contribution in [1.29, 1.82) is 0 Å². The maximum absolute atomic E-state index is 12.2. The third-order valence-corrected chi connectivity index (χ3v) is 4.11. The Kier molecular flexibility index (Phi) is 4.21. The van der Waals surface area contributed by atoms with E-state index < -0.39 is 0 Å². The second-order valence-electron chi connectivity index (χ2n) is 4.48. The van der Waals surface area contributed by atoms with Crippen LogP contribution in [-0.4, -0.2) is 35.3 Å². The molecule has 0 radical (unpaired) electrons. The maximum Gasteiger partial charge on any atom is 0.158 e. The second-order valence-corrected chi connectivity index (χ2v) is 5.54. The van der Waals surface area contributed by atoms with Crippen molar-refractivity contribution in [2.24, 2.45) is 0 Å². The van der Waals surface area contributed by atoms with Gasteiger partial charge in [-0.15, -0.1) is 11.3 Å². The quantitative estimate of drug-likeness (QED) is 0.791. The molecule has 0 amide bonds. The average Bonchev–Trinajstić information content (AvgIpc) is 2.62. The van der Waals surface area contributed by atoms with Crippen molar-refractivity contribution in [1.82, 2.24) is 9.88 Å². The van der Waals surface area contributed by atoms with Gasteiger partial charge < -0.3 is 0 Å². The molecule has 0 aliphatic rings. The Labute approximate surface area is 101 Å². The van der Waals surface area contributed by atoms with Gasteiger partial charge >= 0.3 is 0 Å². The van der Waals surface area contributed by atoms with E-state index in [0.29, 0.717) is 6.42 Å². The van der Waals surface area contributed by atoms with Crippen LogP contribution in [0.15, 0.2) is 5.38 Å². The monoisotopic (exact) mass is 240 g/mol. The predicted octanol–water partition coefficient (Wildman–Crippen LogP) is 2.29. The largest absolute Gasteiger partial charge is 0.297 e. The van der Waals surface area contributed by atoms with Gasteiger partial charge in [-0.3, -0.25) is 9.69 Å². The summed E-state index contributed by atoms with van der Waals surface area (Å²) in [5.41, 5.74) is 0.520. The molecule has 0 aromatic carbocycles. The molecule has 0 fully saturated rings. The van der Waals surface area contributed by atoms with Crippen molar-refractivity contribution in [3.8, 4) is 0 Å². The van der Waals surface area contributed by atoms with Crippen LogP contribution in [0.2, 0.25) is 0 Å². The number of hydrogen-bond donors (Lipinski definition) is 0. The number of thiazole rings is 1. The molecule has 1 atom stereocenters. The van der Waals surface area contributed by atoms with Crippen LogP contribution in [0.1, 0.15) is 31.0 Å². The first kappa shape index (κ1) is 13.3. The molecule has 0 aliphatic heterocycles. The number of Topliss-reactive ketones (excluding diaryl/α,β-unsaturated/α-hetero) is 1. The summed E-state index contributed by atoms with van der Waals surface area (Å²) >= 11 is 1.60. The van der Waals surface area contributed by atoms with Crippen LogP contribution in [0.4, 0.5) is 0 Å². The Morgan fingerprint density at radius 3 is 2.56 bits per heavy atom. The van der Waals surface area contributed by atoms with Gasteiger partial charge in [0.2, 0.25) is 0 Å². The molecule has 1 unspecified atom stereocenters. The molecule has 1 aromatic heterocycles. The third-order valence-electron chi connectivity index (χ3n) is 3.28. The lowest BCUT2D eigenvalue weighted by Crippen LogP contribution is -2.48. The Bertz CT molecular complexity index is 373. The number of rotatable bonds is 5. The first-order valence-corrected chi connectivity index (χ1v) is 6.40. The van der Waals surface area contributed by atoms with E-state index in [-0.39, 0.29) is 11.3 Å². The van der Waals surface area contributed by atoms with Gasteiger partial charge in [0.1, 0.15) is 0 Å². The van der Waals surface area contributed by atoms with E-state index >= 15 is 0 Å². The number of likely N-dealkylation sites (N-methyl/N-ethyl adjacent to an activating group) is 1. The van der Waals surface area contributed by atoms with Crippen molar-refractivity contribution in [2.45, 2.75) is 39.2 Å². The summed E-state index contributed by atoms with van der Waals surface area (Å²) in [4.78, 5) is 18.6. The van der Waals surface area contributed by atoms with Gasteiger partial charge in [-0.2, -0.15) is 0 Å². The first-order valence-electron chi connectivity index (χ1n) is 5.52. The average molecular weight is 240 g/mol. The van der Waals surface area contributed by atoms with Gasteiger partial charge in [-0.1, -0.05) is 6.92 Å². The van der Waals surface area contributed by atoms with Gasteiger partial charge in [0, 0.05) is 5.38 Å². The Morgan fingerprint density at radius 2 is 2.19 bits per heavy atom. The number of ketones is 1. The van der Waals surface area contributed by atoms with Crippen LogP contribution in [0, 0.1) is 6.92 Å². The van der Waals surface area contributed by atoms with E-state index in [2.05, 4.69) is 4.98 Å².